The van der Waals surface area contributed by atoms with Gasteiger partial charge < -0.3 is 9.15 Å². The smallest absolute Gasteiger partial charge is 0.216 e. The summed E-state index contributed by atoms with van der Waals surface area (Å²) in [6.45, 7) is 0.153. The molecule has 3 aromatic rings. The molecule has 6 nitrogen and oxygen atoms in total. The highest BCUT2D eigenvalue weighted by atomic mass is 35.5. The third-order valence-electron chi connectivity index (χ3n) is 2.85. The molecule has 0 radical (unpaired) electrons. The van der Waals surface area contributed by atoms with E-state index in [9.17, 15) is 0 Å². The molecule has 0 saturated carbocycles. The molecule has 124 valence electrons. The molecule has 0 atom stereocenters. The van der Waals surface area contributed by atoms with Crippen molar-refractivity contribution in [3.63, 3.8) is 0 Å². The predicted octanol–water partition coefficient (Wildman–Crippen LogP) is 4.96. The van der Waals surface area contributed by atoms with Gasteiger partial charge >= 0.3 is 0 Å². The van der Waals surface area contributed by atoms with Gasteiger partial charge in [-0.1, -0.05) is 34.8 Å². The molecule has 3 rings (SSSR count). The van der Waals surface area contributed by atoms with Gasteiger partial charge in [0.15, 0.2) is 5.75 Å². The van der Waals surface area contributed by atoms with Gasteiger partial charge in [0.05, 0.1) is 16.3 Å². The third-order valence-corrected chi connectivity index (χ3v) is 3.91. The molecule has 1 N–H and O–H groups in total. The van der Waals surface area contributed by atoms with E-state index in [-0.39, 0.29) is 6.61 Å². The highest BCUT2D eigenvalue weighted by Gasteiger charge is 2.10. The Balaban J connectivity index is 1.68. The van der Waals surface area contributed by atoms with Crippen LogP contribution in [0.25, 0.3) is 0 Å². The Bertz CT molecular complexity index is 924. The largest absolute Gasteiger partial charge is 0.483 e. The van der Waals surface area contributed by atoms with E-state index in [1.165, 1.54) is 17.2 Å². The van der Waals surface area contributed by atoms with Crippen LogP contribution < -0.4 is 4.74 Å². The van der Waals surface area contributed by atoms with Gasteiger partial charge in [-0.15, -0.1) is 0 Å². The lowest BCUT2D eigenvalue weighted by Gasteiger charge is -2.08. The van der Waals surface area contributed by atoms with Crippen LogP contribution in [0.15, 0.2) is 40.1 Å². The number of nitrogens with zero attached hydrogens (tertiary/aromatic N) is 3. The Kier molecular flexibility index (Phi) is 5.25. The van der Waals surface area contributed by atoms with E-state index in [0.717, 1.165) is 0 Å². The van der Waals surface area contributed by atoms with Crippen molar-refractivity contribution in [2.75, 3.05) is 0 Å². The predicted molar refractivity (Wildman–Crippen MR) is 94.9 cm³/mol. The highest BCUT2D eigenvalue weighted by Crippen LogP contribution is 2.36. The first-order chi connectivity index (χ1) is 11.5. The van der Waals surface area contributed by atoms with Crippen molar-refractivity contribution in [1.29, 1.82) is 0 Å². The zero-order valence-electron chi connectivity index (χ0n) is 11.9. The van der Waals surface area contributed by atoms with E-state index in [1.807, 2.05) is 0 Å². The number of H-pyrrole nitrogens is 1. The van der Waals surface area contributed by atoms with Crippen LogP contribution in [-0.2, 0) is 6.61 Å². The van der Waals surface area contributed by atoms with E-state index in [4.69, 9.17) is 56.2 Å². The number of aromatic nitrogens is 3. The second-order valence-electron chi connectivity index (χ2n) is 4.54. The molecular formula is C14H9Cl3N4O2S. The second-order valence-corrected chi connectivity index (χ2v) is 6.18. The summed E-state index contributed by atoms with van der Waals surface area (Å²) in [6, 6.07) is 6.61. The summed E-state index contributed by atoms with van der Waals surface area (Å²) in [5.41, 5.74) is 0. The van der Waals surface area contributed by atoms with Crippen molar-refractivity contribution in [2.45, 2.75) is 6.61 Å². The topological polar surface area (TPSA) is 68.3 Å². The molecular weight excluding hydrogens is 395 g/mol. The maximum Gasteiger partial charge on any atom is 0.216 e. The van der Waals surface area contributed by atoms with Crippen molar-refractivity contribution < 1.29 is 9.15 Å². The van der Waals surface area contributed by atoms with Crippen molar-refractivity contribution in [3.8, 4) is 5.75 Å². The first-order valence-corrected chi connectivity index (χ1v) is 8.09. The first kappa shape index (κ1) is 17.0. The molecule has 0 spiro atoms. The van der Waals surface area contributed by atoms with Crippen LogP contribution in [0, 0.1) is 4.77 Å². The maximum absolute atomic E-state index is 6.06. The SMILES string of the molecule is S=c1[nH]ncn1/N=C/c1ccc(COc2c(Cl)cc(Cl)cc2Cl)o1. The van der Waals surface area contributed by atoms with Gasteiger partial charge in [-0.25, -0.2) is 0 Å². The third kappa shape index (κ3) is 3.99. The van der Waals surface area contributed by atoms with Crippen LogP contribution in [0.4, 0.5) is 0 Å². The van der Waals surface area contributed by atoms with Crippen molar-refractivity contribution in [2.24, 2.45) is 5.10 Å². The van der Waals surface area contributed by atoms with Gasteiger partial charge in [-0.05, 0) is 36.5 Å². The van der Waals surface area contributed by atoms with Crippen LogP contribution in [-0.4, -0.2) is 21.1 Å². The number of hydrogen-bond acceptors (Lipinski definition) is 5. The van der Waals surface area contributed by atoms with E-state index < -0.39 is 0 Å². The molecule has 0 saturated heterocycles. The molecule has 24 heavy (non-hydrogen) atoms. The minimum Gasteiger partial charge on any atom is -0.483 e. The summed E-state index contributed by atoms with van der Waals surface area (Å²) in [6.07, 6.45) is 2.97. The van der Waals surface area contributed by atoms with Crippen LogP contribution in [0.5, 0.6) is 5.75 Å². The van der Waals surface area contributed by atoms with Gasteiger partial charge in [0.2, 0.25) is 4.77 Å². The molecule has 0 fully saturated rings. The molecule has 2 heterocycles. The summed E-state index contributed by atoms with van der Waals surface area (Å²) >= 11 is 23.0. The minimum atomic E-state index is 0.153. The summed E-state index contributed by atoms with van der Waals surface area (Å²) < 4.78 is 13.0. The Labute approximate surface area is 156 Å². The van der Waals surface area contributed by atoms with Gasteiger partial charge in [0.25, 0.3) is 0 Å². The minimum absolute atomic E-state index is 0.153. The molecule has 0 unspecified atom stereocenters. The number of hydrogen-bond donors (Lipinski definition) is 1. The summed E-state index contributed by atoms with van der Waals surface area (Å²) in [5, 5.41) is 11.6. The number of benzene rings is 1. The fourth-order valence-corrected chi connectivity index (χ4v) is 2.87. The average Bonchev–Trinajstić information content (AvgIpc) is 3.13. The van der Waals surface area contributed by atoms with Crippen LogP contribution in [0.1, 0.15) is 11.5 Å². The molecule has 0 aliphatic rings. The number of nitrogens with one attached hydrogen (secondary N) is 1. The lowest BCUT2D eigenvalue weighted by Crippen LogP contribution is -1.95. The van der Waals surface area contributed by atoms with Crippen LogP contribution >= 0.6 is 47.0 Å². The fourth-order valence-electron chi connectivity index (χ4n) is 1.80. The van der Waals surface area contributed by atoms with E-state index in [0.29, 0.717) is 37.1 Å². The Morgan fingerprint density at radius 1 is 1.29 bits per heavy atom. The molecule has 2 aromatic heterocycles. The van der Waals surface area contributed by atoms with Crippen LogP contribution in [0.2, 0.25) is 15.1 Å². The van der Waals surface area contributed by atoms with E-state index >= 15 is 0 Å². The molecule has 0 amide bonds. The number of halogens is 3. The van der Waals surface area contributed by atoms with Gasteiger partial charge in [0, 0.05) is 5.02 Å². The van der Waals surface area contributed by atoms with Crippen LogP contribution in [0.3, 0.4) is 0 Å². The lowest BCUT2D eigenvalue weighted by molar-refractivity contribution is 0.270. The second kappa shape index (κ2) is 7.40. The highest BCUT2D eigenvalue weighted by molar-refractivity contribution is 7.71. The number of rotatable bonds is 5. The lowest BCUT2D eigenvalue weighted by atomic mass is 10.3. The number of aromatic amines is 1. The van der Waals surface area contributed by atoms with E-state index in [2.05, 4.69) is 15.3 Å². The zero-order valence-corrected chi connectivity index (χ0v) is 15.0. The van der Waals surface area contributed by atoms with Gasteiger partial charge in [-0.3, -0.25) is 5.10 Å². The standard InChI is InChI=1S/C14H9Cl3N4O2S/c15-8-3-11(16)13(12(17)4-8)22-6-10-2-1-9(23-10)5-19-21-7-18-20-14(21)24/h1-5,7H,6H2,(H,20,24)/b19-5+. The molecule has 10 heteroatoms. The Morgan fingerprint density at radius 3 is 2.71 bits per heavy atom. The van der Waals surface area contributed by atoms with Crippen molar-refractivity contribution >= 4 is 53.2 Å². The first-order valence-electron chi connectivity index (χ1n) is 6.55. The molecule has 0 bridgehead atoms. The van der Waals surface area contributed by atoms with Gasteiger partial charge in [-0.2, -0.15) is 14.9 Å². The Morgan fingerprint density at radius 2 is 2.04 bits per heavy atom. The zero-order chi connectivity index (χ0) is 17.1. The van der Waals surface area contributed by atoms with E-state index in [1.54, 1.807) is 24.3 Å². The molecule has 1 aromatic carbocycles. The summed E-state index contributed by atoms with van der Waals surface area (Å²) in [7, 11) is 0. The Hall–Kier alpha value is -1.80. The van der Waals surface area contributed by atoms with Crippen molar-refractivity contribution in [1.82, 2.24) is 14.9 Å². The number of furan rings is 1. The molecule has 0 aliphatic carbocycles. The monoisotopic (exact) mass is 402 g/mol. The number of ether oxygens (including phenoxy) is 1. The van der Waals surface area contributed by atoms with Crippen molar-refractivity contribution in [3.05, 3.63) is 62.0 Å². The molecule has 0 aliphatic heterocycles. The fraction of sp³-hybridized carbons (Fsp3) is 0.0714. The maximum atomic E-state index is 6.06. The normalized spacial score (nSPS) is 11.3. The summed E-state index contributed by atoms with van der Waals surface area (Å²) in [5.74, 6) is 1.46. The van der Waals surface area contributed by atoms with Gasteiger partial charge in [0.1, 0.15) is 24.5 Å². The average molecular weight is 404 g/mol. The quantitative estimate of drug-likeness (QED) is 0.483. The summed E-state index contributed by atoms with van der Waals surface area (Å²) in [4.78, 5) is 0.